The molecule has 5 heteroatoms. The lowest BCUT2D eigenvalue weighted by atomic mass is 10.1. The second kappa shape index (κ2) is 10.3. The number of hydrogen-bond donors (Lipinski definition) is 1. The maximum atomic E-state index is 12.8. The lowest BCUT2D eigenvalue weighted by Crippen LogP contribution is -2.31. The zero-order chi connectivity index (χ0) is 19.7. The van der Waals surface area contributed by atoms with E-state index in [1.807, 2.05) is 13.0 Å². The molecular formula is C22H27NO3S. The van der Waals surface area contributed by atoms with Gasteiger partial charge in [0.2, 0.25) is 0 Å². The topological polar surface area (TPSA) is 57.6 Å². The fourth-order valence-corrected chi connectivity index (χ4v) is 3.82. The summed E-state index contributed by atoms with van der Waals surface area (Å²) in [7, 11) is -4.07. The van der Waals surface area contributed by atoms with Crippen LogP contribution in [0.4, 0.5) is 0 Å². The highest BCUT2D eigenvalue weighted by Gasteiger charge is 2.30. The van der Waals surface area contributed by atoms with E-state index in [2.05, 4.69) is 18.8 Å². The Morgan fingerprint density at radius 3 is 2.30 bits per heavy atom. The van der Waals surface area contributed by atoms with E-state index in [-0.39, 0.29) is 4.90 Å². The summed E-state index contributed by atoms with van der Waals surface area (Å²) in [6.45, 7) is 4.03. The number of nitrogens with zero attached hydrogens (tertiary/aromatic N) is 1. The molecule has 0 heterocycles. The third kappa shape index (κ3) is 5.93. The fourth-order valence-electron chi connectivity index (χ4n) is 2.67. The third-order valence-electron chi connectivity index (χ3n) is 4.30. The Balaban J connectivity index is 2.27. The lowest BCUT2D eigenvalue weighted by molar-refractivity contribution is -0.0186. The van der Waals surface area contributed by atoms with Crippen LogP contribution >= 0.6 is 0 Å². The van der Waals surface area contributed by atoms with Crippen LogP contribution in [-0.2, 0) is 10.0 Å². The summed E-state index contributed by atoms with van der Waals surface area (Å²) >= 11 is 0. The average molecular weight is 386 g/mol. The molecule has 1 N–H and O–H groups in total. The molecule has 0 aliphatic rings. The summed E-state index contributed by atoms with van der Waals surface area (Å²) in [5.41, 5.74) is 1.58. The van der Waals surface area contributed by atoms with E-state index in [1.54, 1.807) is 36.4 Å². The first-order valence-corrected chi connectivity index (χ1v) is 10.7. The molecule has 0 saturated heterocycles. The molecule has 0 radical (unpaired) electrons. The summed E-state index contributed by atoms with van der Waals surface area (Å²) in [6, 6.07) is 14.4. The van der Waals surface area contributed by atoms with Gasteiger partial charge in [0.1, 0.15) is 6.04 Å². The van der Waals surface area contributed by atoms with Crippen LogP contribution in [0.1, 0.15) is 56.2 Å². The molecule has 0 aromatic heterocycles. The second-order valence-electron chi connectivity index (χ2n) is 6.54. The van der Waals surface area contributed by atoms with Gasteiger partial charge in [0.25, 0.3) is 10.0 Å². The van der Waals surface area contributed by atoms with Crippen molar-refractivity contribution in [2.75, 3.05) is 0 Å². The van der Waals surface area contributed by atoms with Gasteiger partial charge in [-0.25, -0.2) is 8.42 Å². The smallest absolute Gasteiger partial charge is 0.266 e. The zero-order valence-corrected chi connectivity index (χ0v) is 16.7. The average Bonchev–Trinajstić information content (AvgIpc) is 2.68. The largest absolute Gasteiger partial charge is 0.298 e. The molecule has 2 rings (SSSR count). The summed E-state index contributed by atoms with van der Waals surface area (Å²) < 4.78 is 26.1. The number of unbranched alkanes of at least 4 members (excludes halogenated alkanes) is 4. The highest BCUT2D eigenvalue weighted by atomic mass is 32.2. The standard InChI is InChI=1S/C22H27NO3S/c1-3-4-5-6-7-11-14-22(20-12-9-8-10-13-20)23(24)27(25,26)21-17-15-19(2)16-18-21/h8-10,12-13,15-18,22,24H,3-7H2,1-2H3. The predicted octanol–water partition coefficient (Wildman–Crippen LogP) is 5.09. The van der Waals surface area contributed by atoms with E-state index in [9.17, 15) is 13.6 Å². The van der Waals surface area contributed by atoms with Gasteiger partial charge in [-0.3, -0.25) is 5.21 Å². The highest BCUT2D eigenvalue weighted by molar-refractivity contribution is 7.89. The molecule has 27 heavy (non-hydrogen) atoms. The Kier molecular flexibility index (Phi) is 8.05. The molecule has 2 aromatic carbocycles. The van der Waals surface area contributed by atoms with Gasteiger partial charge in [0, 0.05) is 6.42 Å². The molecule has 0 bridgehead atoms. The van der Waals surface area contributed by atoms with E-state index in [4.69, 9.17) is 0 Å². The summed E-state index contributed by atoms with van der Waals surface area (Å²) in [6.07, 6.45) is 5.07. The molecule has 0 aliphatic carbocycles. The molecule has 2 aromatic rings. The van der Waals surface area contributed by atoms with Crippen molar-refractivity contribution < 1.29 is 13.6 Å². The minimum atomic E-state index is -4.07. The maximum absolute atomic E-state index is 12.8. The van der Waals surface area contributed by atoms with Crippen molar-refractivity contribution >= 4 is 10.0 Å². The molecule has 0 spiro atoms. The Morgan fingerprint density at radius 2 is 1.67 bits per heavy atom. The zero-order valence-electron chi connectivity index (χ0n) is 15.9. The number of hydroxylamine groups is 1. The monoisotopic (exact) mass is 385 g/mol. The molecule has 0 saturated carbocycles. The Labute approximate surface area is 162 Å². The van der Waals surface area contributed by atoms with Crippen molar-refractivity contribution in [2.45, 2.75) is 56.9 Å². The van der Waals surface area contributed by atoms with Gasteiger partial charge in [0.05, 0.1) is 4.90 Å². The van der Waals surface area contributed by atoms with Gasteiger partial charge >= 0.3 is 0 Å². The lowest BCUT2D eigenvalue weighted by Gasteiger charge is -2.22. The number of rotatable bonds is 8. The second-order valence-corrected chi connectivity index (χ2v) is 8.33. The van der Waals surface area contributed by atoms with E-state index >= 15 is 0 Å². The predicted molar refractivity (Wildman–Crippen MR) is 108 cm³/mol. The van der Waals surface area contributed by atoms with Gasteiger partial charge in [0.15, 0.2) is 0 Å². The summed E-state index contributed by atoms with van der Waals surface area (Å²) in [5, 5.41) is 10.6. The van der Waals surface area contributed by atoms with Crippen LogP contribution in [-0.4, -0.2) is 18.1 Å². The van der Waals surface area contributed by atoms with Gasteiger partial charge < -0.3 is 0 Å². The summed E-state index contributed by atoms with van der Waals surface area (Å²) in [4.78, 5) is 0.0428. The van der Waals surface area contributed by atoms with Crippen LogP contribution in [0.25, 0.3) is 0 Å². The number of aryl methyl sites for hydroxylation is 1. The van der Waals surface area contributed by atoms with Gasteiger partial charge in [-0.05, 0) is 31.0 Å². The van der Waals surface area contributed by atoms with Crippen molar-refractivity contribution in [1.82, 2.24) is 4.47 Å². The molecule has 0 fully saturated rings. The molecule has 1 atom stereocenters. The number of sulfonamides is 1. The number of benzene rings is 2. The first-order chi connectivity index (χ1) is 13.0. The maximum Gasteiger partial charge on any atom is 0.266 e. The molecule has 1 unspecified atom stereocenters. The van der Waals surface area contributed by atoms with Crippen LogP contribution in [0.3, 0.4) is 0 Å². The van der Waals surface area contributed by atoms with Crippen molar-refractivity contribution in [2.24, 2.45) is 0 Å². The minimum Gasteiger partial charge on any atom is -0.298 e. The van der Waals surface area contributed by atoms with Crippen molar-refractivity contribution in [3.63, 3.8) is 0 Å². The minimum absolute atomic E-state index is 0.0428. The summed E-state index contributed by atoms with van der Waals surface area (Å²) in [5.74, 6) is 5.99. The van der Waals surface area contributed by atoms with Crippen LogP contribution in [0.15, 0.2) is 59.5 Å². The van der Waals surface area contributed by atoms with Crippen LogP contribution in [0.5, 0.6) is 0 Å². The van der Waals surface area contributed by atoms with E-state index in [0.717, 1.165) is 31.2 Å². The molecule has 4 nitrogen and oxygen atoms in total. The van der Waals surface area contributed by atoms with Crippen LogP contribution < -0.4 is 0 Å². The van der Waals surface area contributed by atoms with Gasteiger partial charge in [-0.1, -0.05) is 84.6 Å². The van der Waals surface area contributed by atoms with Crippen LogP contribution in [0, 0.1) is 18.8 Å². The normalized spacial score (nSPS) is 12.4. The SMILES string of the molecule is CCCCCCC#CC(c1ccccc1)N(O)S(=O)(=O)c1ccc(C)cc1. The molecule has 0 amide bonds. The van der Waals surface area contributed by atoms with E-state index < -0.39 is 16.1 Å². The Bertz CT molecular complexity index is 865. The van der Waals surface area contributed by atoms with Gasteiger partial charge in [-0.2, -0.15) is 0 Å². The van der Waals surface area contributed by atoms with E-state index in [0.29, 0.717) is 16.5 Å². The Hall–Kier alpha value is -2.13. The fraction of sp³-hybridized carbons (Fsp3) is 0.364. The first kappa shape index (κ1) is 21.2. The molecule has 144 valence electrons. The Morgan fingerprint density at radius 1 is 1.00 bits per heavy atom. The van der Waals surface area contributed by atoms with Crippen LogP contribution in [0.2, 0.25) is 0 Å². The van der Waals surface area contributed by atoms with Crippen molar-refractivity contribution in [1.29, 1.82) is 0 Å². The highest BCUT2D eigenvalue weighted by Crippen LogP contribution is 2.25. The van der Waals surface area contributed by atoms with Crippen molar-refractivity contribution in [3.8, 4) is 11.8 Å². The van der Waals surface area contributed by atoms with E-state index in [1.165, 1.54) is 12.1 Å². The quantitative estimate of drug-likeness (QED) is 0.391. The molecule has 0 aliphatic heterocycles. The molecular weight excluding hydrogens is 358 g/mol. The van der Waals surface area contributed by atoms with Crippen molar-refractivity contribution in [3.05, 3.63) is 65.7 Å². The first-order valence-electron chi connectivity index (χ1n) is 9.30. The third-order valence-corrected chi connectivity index (χ3v) is 5.87. The number of hydrogen-bond acceptors (Lipinski definition) is 3. The van der Waals surface area contributed by atoms with Gasteiger partial charge in [-0.15, -0.1) is 5.92 Å².